The highest BCUT2D eigenvalue weighted by Gasteiger charge is 2.33. The van der Waals surface area contributed by atoms with Gasteiger partial charge in [0.25, 0.3) is 0 Å². The number of carbonyl (C=O) groups is 1. The molecular weight excluding hydrogens is 248 g/mol. The number of amides is 1. The molecule has 0 bridgehead atoms. The van der Waals surface area contributed by atoms with Crippen molar-refractivity contribution in [3.8, 4) is 0 Å². The second kappa shape index (κ2) is 6.31. The maximum absolute atomic E-state index is 12.1. The van der Waals surface area contributed by atoms with Gasteiger partial charge in [-0.3, -0.25) is 4.79 Å². The van der Waals surface area contributed by atoms with Crippen molar-refractivity contribution >= 4 is 17.2 Å². The highest BCUT2D eigenvalue weighted by atomic mass is 32.1. The van der Waals surface area contributed by atoms with Gasteiger partial charge in [0.05, 0.1) is 19.1 Å². The predicted molar refractivity (Wildman–Crippen MR) is 72.7 cm³/mol. The van der Waals surface area contributed by atoms with Crippen LogP contribution in [-0.2, 0) is 16.1 Å². The number of nitrogens with one attached hydrogen (secondary N) is 2. The third-order valence-corrected chi connectivity index (χ3v) is 4.21. The van der Waals surface area contributed by atoms with Gasteiger partial charge in [-0.2, -0.15) is 11.3 Å². The van der Waals surface area contributed by atoms with Crippen LogP contribution in [0.15, 0.2) is 10.8 Å². The normalized spacial score (nSPS) is 23.2. The number of ether oxygens (including phenoxy) is 1. The first-order valence-electron chi connectivity index (χ1n) is 6.33. The number of likely N-dealkylation sites (N-methyl/N-ethyl adjacent to an activating group) is 1. The van der Waals surface area contributed by atoms with Crippen molar-refractivity contribution in [2.45, 2.75) is 26.4 Å². The van der Waals surface area contributed by atoms with Gasteiger partial charge in [-0.1, -0.05) is 6.92 Å². The highest BCUT2D eigenvalue weighted by Crippen LogP contribution is 2.16. The van der Waals surface area contributed by atoms with Crippen LogP contribution in [0.4, 0.5) is 0 Å². The largest absolute Gasteiger partial charge is 0.379 e. The molecule has 0 radical (unpaired) electrons. The van der Waals surface area contributed by atoms with Gasteiger partial charge < -0.3 is 15.4 Å². The number of hydrogen-bond acceptors (Lipinski definition) is 4. The molecule has 1 saturated heterocycles. The van der Waals surface area contributed by atoms with E-state index in [1.165, 1.54) is 11.1 Å². The van der Waals surface area contributed by atoms with Crippen molar-refractivity contribution < 1.29 is 9.53 Å². The summed E-state index contributed by atoms with van der Waals surface area (Å²) in [5, 5.41) is 10.5. The van der Waals surface area contributed by atoms with E-state index >= 15 is 0 Å². The molecule has 1 aromatic heterocycles. The molecule has 2 rings (SSSR count). The van der Waals surface area contributed by atoms with E-state index in [2.05, 4.69) is 28.3 Å². The molecule has 5 heteroatoms. The Hall–Kier alpha value is -0.910. The van der Waals surface area contributed by atoms with Crippen LogP contribution in [0.1, 0.15) is 18.1 Å². The molecule has 2 atom stereocenters. The van der Waals surface area contributed by atoms with Gasteiger partial charge in [0.1, 0.15) is 0 Å². The van der Waals surface area contributed by atoms with E-state index in [4.69, 9.17) is 4.74 Å². The van der Waals surface area contributed by atoms with Crippen LogP contribution in [0.5, 0.6) is 0 Å². The van der Waals surface area contributed by atoms with Gasteiger partial charge in [0.2, 0.25) is 5.91 Å². The summed E-state index contributed by atoms with van der Waals surface area (Å²) in [6.07, 6.45) is 0. The summed E-state index contributed by atoms with van der Waals surface area (Å²) >= 11 is 1.67. The van der Waals surface area contributed by atoms with Gasteiger partial charge in [0.15, 0.2) is 0 Å². The van der Waals surface area contributed by atoms with Crippen molar-refractivity contribution in [1.29, 1.82) is 0 Å². The quantitative estimate of drug-likeness (QED) is 0.846. The Balaban J connectivity index is 1.86. The third kappa shape index (κ3) is 3.10. The molecule has 1 amide bonds. The maximum Gasteiger partial charge on any atom is 0.227 e. The van der Waals surface area contributed by atoms with Crippen molar-refractivity contribution in [3.63, 3.8) is 0 Å². The van der Waals surface area contributed by atoms with E-state index in [1.807, 2.05) is 6.92 Å². The van der Waals surface area contributed by atoms with Crippen LogP contribution < -0.4 is 10.6 Å². The molecule has 2 unspecified atom stereocenters. The fourth-order valence-electron chi connectivity index (χ4n) is 2.16. The zero-order valence-electron chi connectivity index (χ0n) is 10.9. The topological polar surface area (TPSA) is 50.4 Å². The molecule has 4 nitrogen and oxygen atoms in total. The maximum atomic E-state index is 12.1. The number of thiophene rings is 1. The average molecular weight is 268 g/mol. The minimum atomic E-state index is -0.0658. The first kappa shape index (κ1) is 13.5. The molecule has 18 heavy (non-hydrogen) atoms. The molecule has 0 aliphatic carbocycles. The predicted octanol–water partition coefficient (Wildman–Crippen LogP) is 1.30. The Labute approximate surface area is 112 Å². The van der Waals surface area contributed by atoms with Crippen LogP contribution >= 0.6 is 11.3 Å². The van der Waals surface area contributed by atoms with E-state index in [1.54, 1.807) is 11.3 Å². The lowest BCUT2D eigenvalue weighted by atomic mass is 10.0. The summed E-state index contributed by atoms with van der Waals surface area (Å²) in [5.74, 6) is 0.0212. The molecule has 1 aliphatic heterocycles. The van der Waals surface area contributed by atoms with Crippen LogP contribution in [0.3, 0.4) is 0 Å². The lowest BCUT2D eigenvalue weighted by Gasteiger charge is -2.17. The number of aryl methyl sites for hydroxylation is 1. The van der Waals surface area contributed by atoms with Gasteiger partial charge >= 0.3 is 0 Å². The average Bonchev–Trinajstić information content (AvgIpc) is 2.96. The van der Waals surface area contributed by atoms with E-state index in [0.717, 1.165) is 6.54 Å². The number of rotatable bonds is 5. The SMILES string of the molecule is CCNC1COCC1C(=O)NCc1cscc1C. The Morgan fingerprint density at radius 3 is 3.00 bits per heavy atom. The number of carbonyl (C=O) groups excluding carboxylic acids is 1. The molecule has 2 N–H and O–H groups in total. The zero-order chi connectivity index (χ0) is 13.0. The van der Waals surface area contributed by atoms with E-state index in [9.17, 15) is 4.79 Å². The smallest absolute Gasteiger partial charge is 0.227 e. The van der Waals surface area contributed by atoms with Crippen LogP contribution in [-0.4, -0.2) is 31.7 Å². The Morgan fingerprint density at radius 1 is 1.50 bits per heavy atom. The Bertz CT molecular complexity index is 405. The molecule has 1 aromatic rings. The van der Waals surface area contributed by atoms with Crippen LogP contribution in [0.2, 0.25) is 0 Å². The van der Waals surface area contributed by atoms with Gasteiger partial charge in [-0.25, -0.2) is 0 Å². The molecule has 0 spiro atoms. The second-order valence-corrected chi connectivity index (χ2v) is 5.35. The Morgan fingerprint density at radius 2 is 2.33 bits per heavy atom. The molecule has 1 fully saturated rings. The van der Waals surface area contributed by atoms with Crippen LogP contribution in [0, 0.1) is 12.8 Å². The number of hydrogen-bond donors (Lipinski definition) is 2. The van der Waals surface area contributed by atoms with E-state index in [0.29, 0.717) is 19.8 Å². The lowest BCUT2D eigenvalue weighted by molar-refractivity contribution is -0.125. The monoisotopic (exact) mass is 268 g/mol. The fraction of sp³-hybridized carbons (Fsp3) is 0.615. The zero-order valence-corrected chi connectivity index (χ0v) is 11.7. The lowest BCUT2D eigenvalue weighted by Crippen LogP contribution is -2.43. The molecule has 0 aromatic carbocycles. The van der Waals surface area contributed by atoms with Crippen LogP contribution in [0.25, 0.3) is 0 Å². The summed E-state index contributed by atoms with van der Waals surface area (Å²) in [4.78, 5) is 12.1. The summed E-state index contributed by atoms with van der Waals surface area (Å²) in [7, 11) is 0. The van der Waals surface area contributed by atoms with E-state index < -0.39 is 0 Å². The summed E-state index contributed by atoms with van der Waals surface area (Å²) in [6.45, 7) is 6.74. The molecule has 0 saturated carbocycles. The minimum absolute atomic E-state index is 0.0658. The van der Waals surface area contributed by atoms with Gasteiger partial charge in [-0.05, 0) is 35.4 Å². The molecular formula is C13H20N2O2S. The summed E-state index contributed by atoms with van der Waals surface area (Å²) in [6, 6.07) is 0.151. The fourth-order valence-corrected chi connectivity index (χ4v) is 3.01. The molecule has 2 heterocycles. The Kier molecular flexibility index (Phi) is 4.74. The van der Waals surface area contributed by atoms with Crippen molar-refractivity contribution in [1.82, 2.24) is 10.6 Å². The third-order valence-electron chi connectivity index (χ3n) is 3.30. The summed E-state index contributed by atoms with van der Waals surface area (Å²) in [5.41, 5.74) is 2.44. The second-order valence-electron chi connectivity index (χ2n) is 4.61. The van der Waals surface area contributed by atoms with Gasteiger partial charge in [-0.15, -0.1) is 0 Å². The highest BCUT2D eigenvalue weighted by molar-refractivity contribution is 7.08. The van der Waals surface area contributed by atoms with Crippen molar-refractivity contribution in [3.05, 3.63) is 21.9 Å². The first-order valence-corrected chi connectivity index (χ1v) is 7.27. The van der Waals surface area contributed by atoms with Crippen molar-refractivity contribution in [2.75, 3.05) is 19.8 Å². The molecule has 1 aliphatic rings. The standard InChI is InChI=1S/C13H20N2O2S/c1-3-14-12-6-17-5-11(12)13(16)15-4-10-8-18-7-9(10)2/h7-8,11-12,14H,3-6H2,1-2H3,(H,15,16). The van der Waals surface area contributed by atoms with Gasteiger partial charge in [0, 0.05) is 12.6 Å². The van der Waals surface area contributed by atoms with Crippen molar-refractivity contribution in [2.24, 2.45) is 5.92 Å². The minimum Gasteiger partial charge on any atom is -0.379 e. The first-order chi connectivity index (χ1) is 8.72. The molecule has 100 valence electrons. The van der Waals surface area contributed by atoms with E-state index in [-0.39, 0.29) is 17.9 Å². The summed E-state index contributed by atoms with van der Waals surface area (Å²) < 4.78 is 5.38.